The Morgan fingerprint density at radius 3 is 2.52 bits per heavy atom. The van der Waals surface area contributed by atoms with Crippen molar-refractivity contribution in [2.75, 3.05) is 7.11 Å². The number of hydrogen-bond donors (Lipinski definition) is 0. The monoisotopic (exact) mass is 444 g/mol. The molecule has 9 heteroatoms. The van der Waals surface area contributed by atoms with Gasteiger partial charge in [-0.1, -0.05) is 17.7 Å². The molecule has 8 nitrogen and oxygen atoms in total. The molecule has 1 aromatic heterocycles. The van der Waals surface area contributed by atoms with Gasteiger partial charge in [0.05, 0.1) is 29.4 Å². The number of fused-ring (bicyclic) bond motifs is 1. The molecule has 0 saturated carbocycles. The summed E-state index contributed by atoms with van der Waals surface area (Å²) < 4.78 is 16.3. The minimum atomic E-state index is -0.583. The molecule has 0 fully saturated rings. The molecule has 0 radical (unpaired) electrons. The van der Waals surface area contributed by atoms with E-state index in [0.29, 0.717) is 33.0 Å². The summed E-state index contributed by atoms with van der Waals surface area (Å²) in [5, 5.41) is 12.2. The third-order valence-electron chi connectivity index (χ3n) is 4.21. The lowest BCUT2D eigenvalue weighted by Gasteiger charge is -2.19. The number of ether oxygens (including phenoxy) is 3. The van der Waals surface area contributed by atoms with Crippen molar-refractivity contribution < 1.29 is 23.9 Å². The number of nitro groups is 1. The van der Waals surface area contributed by atoms with Gasteiger partial charge in [0, 0.05) is 23.4 Å². The first-order chi connectivity index (χ1) is 14.6. The molecule has 3 aromatic rings. The summed E-state index contributed by atoms with van der Waals surface area (Å²) in [6.07, 6.45) is 1.56. The fourth-order valence-corrected chi connectivity index (χ4v) is 3.16. The molecular weight excluding hydrogens is 424 g/mol. The number of rotatable bonds is 6. The highest BCUT2D eigenvalue weighted by atomic mass is 35.5. The van der Waals surface area contributed by atoms with Gasteiger partial charge in [-0.3, -0.25) is 19.9 Å². The number of aromatic nitrogens is 1. The molecule has 0 saturated heterocycles. The van der Waals surface area contributed by atoms with Crippen LogP contribution >= 0.6 is 11.6 Å². The second-order valence-electron chi connectivity index (χ2n) is 7.73. The highest BCUT2D eigenvalue weighted by Crippen LogP contribution is 2.37. The number of esters is 1. The van der Waals surface area contributed by atoms with Crippen LogP contribution in [0.25, 0.3) is 10.9 Å². The average Bonchev–Trinajstić information content (AvgIpc) is 2.67. The van der Waals surface area contributed by atoms with Crippen LogP contribution in [-0.4, -0.2) is 28.6 Å². The summed E-state index contributed by atoms with van der Waals surface area (Å²) in [7, 11) is 1.36. The van der Waals surface area contributed by atoms with Gasteiger partial charge < -0.3 is 14.2 Å². The summed E-state index contributed by atoms with van der Waals surface area (Å²) in [5.74, 6) is 0.497. The Labute approximate surface area is 183 Å². The van der Waals surface area contributed by atoms with E-state index in [-0.39, 0.29) is 23.8 Å². The van der Waals surface area contributed by atoms with Crippen molar-refractivity contribution in [3.63, 3.8) is 0 Å². The van der Waals surface area contributed by atoms with Gasteiger partial charge in [-0.05, 0) is 44.5 Å². The number of nitro benzene ring substituents is 1. The van der Waals surface area contributed by atoms with E-state index in [1.807, 2.05) is 0 Å². The van der Waals surface area contributed by atoms with E-state index < -0.39 is 10.5 Å². The number of hydrogen-bond acceptors (Lipinski definition) is 7. The zero-order valence-corrected chi connectivity index (χ0v) is 18.2. The predicted octanol–water partition coefficient (Wildman–Crippen LogP) is 5.48. The Hall–Kier alpha value is -3.39. The Bertz CT molecular complexity index is 1160. The van der Waals surface area contributed by atoms with Crippen molar-refractivity contribution in [1.29, 1.82) is 0 Å². The average molecular weight is 445 g/mol. The molecule has 31 heavy (non-hydrogen) atoms. The topological polar surface area (TPSA) is 101 Å². The lowest BCUT2D eigenvalue weighted by Crippen LogP contribution is -2.24. The first-order valence-electron chi connectivity index (χ1n) is 9.36. The summed E-state index contributed by atoms with van der Waals surface area (Å²) in [4.78, 5) is 27.1. The second-order valence-corrected chi connectivity index (χ2v) is 8.13. The van der Waals surface area contributed by atoms with Gasteiger partial charge in [-0.15, -0.1) is 0 Å². The van der Waals surface area contributed by atoms with E-state index in [1.165, 1.54) is 25.4 Å². The van der Waals surface area contributed by atoms with E-state index in [1.54, 1.807) is 45.0 Å². The fourth-order valence-electron chi connectivity index (χ4n) is 2.93. The van der Waals surface area contributed by atoms with Crippen LogP contribution < -0.4 is 9.47 Å². The second kappa shape index (κ2) is 8.77. The molecule has 0 unspecified atom stereocenters. The lowest BCUT2D eigenvalue weighted by molar-refractivity contribution is -0.385. The third-order valence-corrected chi connectivity index (χ3v) is 4.56. The van der Waals surface area contributed by atoms with Crippen LogP contribution in [0.15, 0.2) is 42.6 Å². The number of carbonyl (C=O) groups is 1. The predicted molar refractivity (Wildman–Crippen MR) is 116 cm³/mol. The molecule has 0 aliphatic heterocycles. The molecule has 2 aromatic carbocycles. The number of nitrogens with zero attached hydrogens (tertiary/aromatic N) is 2. The first kappa shape index (κ1) is 22.3. The largest absolute Gasteiger partial charge is 0.490 e. The molecule has 0 N–H and O–H groups in total. The summed E-state index contributed by atoms with van der Waals surface area (Å²) in [6, 6.07) is 9.35. The smallest absolute Gasteiger partial charge is 0.311 e. The summed E-state index contributed by atoms with van der Waals surface area (Å²) >= 11 is 6.33. The Balaban J connectivity index is 1.89. The summed E-state index contributed by atoms with van der Waals surface area (Å²) in [5.41, 5.74) is 0.301. The van der Waals surface area contributed by atoms with Gasteiger partial charge in [0.2, 0.25) is 0 Å². The van der Waals surface area contributed by atoms with Crippen molar-refractivity contribution >= 4 is 34.2 Å². The minimum absolute atomic E-state index is 0.0283. The van der Waals surface area contributed by atoms with E-state index in [2.05, 4.69) is 4.98 Å². The van der Waals surface area contributed by atoms with Gasteiger partial charge in [-0.2, -0.15) is 0 Å². The molecule has 0 atom stereocenters. The van der Waals surface area contributed by atoms with E-state index >= 15 is 0 Å². The Morgan fingerprint density at radius 2 is 1.90 bits per heavy atom. The highest BCUT2D eigenvalue weighted by molar-refractivity contribution is 6.31. The zero-order valence-electron chi connectivity index (χ0n) is 17.5. The SMILES string of the molecule is COc1cc2nccc(Oc3ccc(CC(=O)OC(C)(C)C)c(Cl)c3)c2cc1[N+](=O)[O-]. The van der Waals surface area contributed by atoms with Crippen molar-refractivity contribution in [2.24, 2.45) is 0 Å². The lowest BCUT2D eigenvalue weighted by atomic mass is 10.1. The number of pyridine rings is 1. The van der Waals surface area contributed by atoms with Gasteiger partial charge >= 0.3 is 11.7 Å². The van der Waals surface area contributed by atoms with Gasteiger partial charge in [0.15, 0.2) is 5.75 Å². The summed E-state index contributed by atoms with van der Waals surface area (Å²) in [6.45, 7) is 5.38. The molecule has 3 rings (SSSR count). The molecule has 0 bridgehead atoms. The molecule has 0 amide bonds. The van der Waals surface area contributed by atoms with E-state index in [0.717, 1.165) is 0 Å². The van der Waals surface area contributed by atoms with Crippen LogP contribution in [0.5, 0.6) is 17.2 Å². The standard InChI is InChI=1S/C22H21ClN2O6/c1-22(2,3)31-21(26)9-13-5-6-14(10-16(13)23)30-19-7-8-24-17-12-20(29-4)18(25(27)28)11-15(17)19/h5-8,10-12H,9H2,1-4H3. The van der Waals surface area contributed by atoms with Crippen molar-refractivity contribution in [3.05, 3.63) is 63.3 Å². The van der Waals surface area contributed by atoms with Crippen molar-refractivity contribution in [2.45, 2.75) is 32.8 Å². The quantitative estimate of drug-likeness (QED) is 0.282. The number of halogens is 1. The maximum atomic E-state index is 12.1. The molecule has 162 valence electrons. The van der Waals surface area contributed by atoms with Crippen LogP contribution in [0.2, 0.25) is 5.02 Å². The molecular formula is C22H21ClN2O6. The zero-order chi connectivity index (χ0) is 22.8. The Kier molecular flexibility index (Phi) is 6.31. The van der Waals surface area contributed by atoms with Crippen LogP contribution in [-0.2, 0) is 16.0 Å². The fraction of sp³-hybridized carbons (Fsp3) is 0.273. The first-order valence-corrected chi connectivity index (χ1v) is 9.74. The third kappa shape index (κ3) is 5.40. The molecule has 0 aliphatic carbocycles. The van der Waals surface area contributed by atoms with Crippen molar-refractivity contribution in [3.8, 4) is 17.2 Å². The van der Waals surface area contributed by atoms with Gasteiger partial charge in [0.25, 0.3) is 0 Å². The molecule has 0 aliphatic rings. The highest BCUT2D eigenvalue weighted by Gasteiger charge is 2.20. The van der Waals surface area contributed by atoms with Crippen molar-refractivity contribution in [1.82, 2.24) is 4.98 Å². The molecule has 1 heterocycles. The van der Waals surface area contributed by atoms with Crippen LogP contribution in [0.3, 0.4) is 0 Å². The van der Waals surface area contributed by atoms with E-state index in [4.69, 9.17) is 25.8 Å². The Morgan fingerprint density at radius 1 is 1.16 bits per heavy atom. The maximum absolute atomic E-state index is 12.1. The van der Waals surface area contributed by atoms with E-state index in [9.17, 15) is 14.9 Å². The molecule has 0 spiro atoms. The van der Waals surface area contributed by atoms with Crippen LogP contribution in [0.1, 0.15) is 26.3 Å². The van der Waals surface area contributed by atoms with Crippen LogP contribution in [0, 0.1) is 10.1 Å². The van der Waals surface area contributed by atoms with Gasteiger partial charge in [0.1, 0.15) is 17.1 Å². The van der Waals surface area contributed by atoms with Gasteiger partial charge in [-0.25, -0.2) is 0 Å². The number of benzene rings is 2. The number of carbonyl (C=O) groups excluding carboxylic acids is 1. The maximum Gasteiger partial charge on any atom is 0.311 e. The normalized spacial score (nSPS) is 11.3. The van der Waals surface area contributed by atoms with Crippen LogP contribution in [0.4, 0.5) is 5.69 Å². The minimum Gasteiger partial charge on any atom is -0.490 e. The number of methoxy groups -OCH3 is 1.